The van der Waals surface area contributed by atoms with E-state index in [1.165, 1.54) is 60.7 Å². The van der Waals surface area contributed by atoms with Gasteiger partial charge in [0.05, 0.1) is 17.0 Å². The third kappa shape index (κ3) is 4.36. The molecule has 0 radical (unpaired) electrons. The van der Waals surface area contributed by atoms with Gasteiger partial charge in [-0.2, -0.15) is 0 Å². The van der Waals surface area contributed by atoms with Gasteiger partial charge in [0.2, 0.25) is 5.78 Å². The molecule has 0 aromatic heterocycles. The number of hydrogen-bond acceptors (Lipinski definition) is 9. The molecule has 2 atom stereocenters. The Kier molecular flexibility index (Phi) is 6.12. The van der Waals surface area contributed by atoms with E-state index in [9.17, 15) is 40.2 Å². The summed E-state index contributed by atoms with van der Waals surface area (Å²) in [5.41, 5.74) is 0.102. The molecule has 196 valence electrons. The van der Waals surface area contributed by atoms with Crippen LogP contribution >= 0.6 is 0 Å². The average Bonchev–Trinajstić information content (AvgIpc) is 3.29. The molecule has 0 saturated carbocycles. The fourth-order valence-corrected chi connectivity index (χ4v) is 4.67. The molecular weight excluding hydrogens is 504 g/mol. The zero-order valence-electron chi connectivity index (χ0n) is 20.2. The Labute approximate surface area is 221 Å². The lowest BCUT2D eigenvalue weighted by atomic mass is 9.83. The lowest BCUT2D eigenvalue weighted by Crippen LogP contribution is -2.19. The summed E-state index contributed by atoms with van der Waals surface area (Å²) in [5.74, 6) is -4.96. The van der Waals surface area contributed by atoms with E-state index in [4.69, 9.17) is 4.74 Å². The van der Waals surface area contributed by atoms with Crippen LogP contribution in [0.25, 0.3) is 5.57 Å². The highest BCUT2D eigenvalue weighted by Gasteiger charge is 2.46. The Morgan fingerprint density at radius 3 is 1.90 bits per heavy atom. The minimum atomic E-state index is -1.30. The number of phenolic OH excluding ortho intramolecular Hbond substituents is 6. The average molecular weight is 526 g/mol. The van der Waals surface area contributed by atoms with Crippen LogP contribution in [0.3, 0.4) is 0 Å². The quantitative estimate of drug-likeness (QED) is 0.151. The van der Waals surface area contributed by atoms with Crippen molar-refractivity contribution in [1.82, 2.24) is 0 Å². The Morgan fingerprint density at radius 2 is 1.28 bits per heavy atom. The van der Waals surface area contributed by atoms with E-state index in [2.05, 4.69) is 6.58 Å². The number of ether oxygens (including phenoxy) is 1. The van der Waals surface area contributed by atoms with Crippen LogP contribution in [0.5, 0.6) is 40.2 Å². The summed E-state index contributed by atoms with van der Waals surface area (Å²) in [6, 6.07) is 15.8. The van der Waals surface area contributed by atoms with Crippen molar-refractivity contribution in [1.29, 1.82) is 0 Å². The lowest BCUT2D eigenvalue weighted by molar-refractivity contribution is 0.0891. The van der Waals surface area contributed by atoms with Gasteiger partial charge in [0, 0.05) is 17.7 Å². The van der Waals surface area contributed by atoms with Crippen molar-refractivity contribution in [3.8, 4) is 40.2 Å². The van der Waals surface area contributed by atoms with E-state index in [0.29, 0.717) is 11.1 Å². The summed E-state index contributed by atoms with van der Waals surface area (Å²) in [6.45, 7) is 3.82. The number of carbonyl (C=O) groups is 2. The molecule has 0 bridgehead atoms. The zero-order chi connectivity index (χ0) is 28.0. The number of phenols is 6. The van der Waals surface area contributed by atoms with Crippen LogP contribution in [0.1, 0.15) is 49.4 Å². The molecule has 1 aliphatic heterocycles. The van der Waals surface area contributed by atoms with Crippen molar-refractivity contribution in [3.63, 3.8) is 0 Å². The molecule has 1 heterocycles. The number of hydrogen-bond donors (Lipinski definition) is 6. The van der Waals surface area contributed by atoms with Gasteiger partial charge in [-0.1, -0.05) is 30.8 Å². The molecule has 4 aromatic carbocycles. The van der Waals surface area contributed by atoms with Crippen molar-refractivity contribution in [3.05, 3.63) is 107 Å². The molecule has 0 saturated heterocycles. The molecule has 6 N–H and O–H groups in total. The summed E-state index contributed by atoms with van der Waals surface area (Å²) in [7, 11) is 0. The molecular formula is C30H22O9. The molecule has 0 spiro atoms. The number of carbonyl (C=O) groups excluding carboxylic acids is 2. The number of Topliss-reactive ketones (excluding diaryl/α,β-unsaturated/α-hetero) is 2. The zero-order valence-corrected chi connectivity index (χ0v) is 20.2. The molecule has 5 rings (SSSR count). The van der Waals surface area contributed by atoms with E-state index in [1.807, 2.05) is 0 Å². The topological polar surface area (TPSA) is 165 Å². The number of benzene rings is 4. The van der Waals surface area contributed by atoms with Crippen LogP contribution < -0.4 is 4.74 Å². The summed E-state index contributed by atoms with van der Waals surface area (Å²) >= 11 is 0. The Morgan fingerprint density at radius 1 is 0.692 bits per heavy atom. The highest BCUT2D eigenvalue weighted by atomic mass is 16.5. The largest absolute Gasteiger partial charge is 0.508 e. The van der Waals surface area contributed by atoms with Crippen molar-refractivity contribution in [2.75, 3.05) is 0 Å². The van der Waals surface area contributed by atoms with Gasteiger partial charge in [0.1, 0.15) is 51.9 Å². The maximum Gasteiger partial charge on any atom is 0.200 e. The first-order valence-corrected chi connectivity index (χ1v) is 11.7. The summed E-state index contributed by atoms with van der Waals surface area (Å²) in [5, 5.41) is 61.1. The fraction of sp³-hybridized carbons (Fsp3) is 0.0667. The smallest absolute Gasteiger partial charge is 0.200 e. The van der Waals surface area contributed by atoms with Gasteiger partial charge in [0.15, 0.2) is 5.78 Å². The van der Waals surface area contributed by atoms with Crippen LogP contribution in [0.2, 0.25) is 0 Å². The number of ketones is 2. The van der Waals surface area contributed by atoms with E-state index >= 15 is 0 Å². The molecule has 0 fully saturated rings. The lowest BCUT2D eigenvalue weighted by Gasteiger charge is -2.19. The highest BCUT2D eigenvalue weighted by molar-refractivity contribution is 6.30. The van der Waals surface area contributed by atoms with Crippen LogP contribution in [0.4, 0.5) is 0 Å². The van der Waals surface area contributed by atoms with Crippen molar-refractivity contribution >= 4 is 17.1 Å². The van der Waals surface area contributed by atoms with Crippen molar-refractivity contribution in [2.45, 2.75) is 12.0 Å². The molecule has 0 aliphatic carbocycles. The Hall–Kier alpha value is -5.44. The van der Waals surface area contributed by atoms with E-state index < -0.39 is 40.8 Å². The van der Waals surface area contributed by atoms with Crippen LogP contribution in [0.15, 0.2) is 79.4 Å². The number of fused-ring (bicyclic) bond motifs is 1. The summed E-state index contributed by atoms with van der Waals surface area (Å²) in [6.07, 6.45) is -1.14. The molecule has 0 amide bonds. The standard InChI is InChI=1S/C30H22O9/c1-14(15-2-6-17(31)7-3-15)27(37)25-23(36)13-22(35)24-26(28(38)20-11-10-19(33)12-21(20)34)29(39-30(24)25)16-4-8-18(32)9-5-16/h2-13,26,29,31-36H,1H2/t26-,29-/m0/s1. The normalized spacial score (nSPS) is 15.8. The summed E-state index contributed by atoms with van der Waals surface area (Å²) < 4.78 is 6.12. The Bertz CT molecular complexity index is 1640. The number of allylic oxidation sites excluding steroid dienone is 1. The SMILES string of the molecule is C=C(C(=O)c1c(O)cc(O)c2c1O[C@@H](c1ccc(O)cc1)[C@@H]2C(=O)c1ccc(O)cc1O)c1ccc(O)cc1. The van der Waals surface area contributed by atoms with E-state index in [1.54, 1.807) is 0 Å². The molecule has 9 heteroatoms. The minimum Gasteiger partial charge on any atom is -0.508 e. The molecule has 0 unspecified atom stereocenters. The molecule has 1 aliphatic rings. The maximum absolute atomic E-state index is 13.8. The number of aromatic hydroxyl groups is 6. The second-order valence-electron chi connectivity index (χ2n) is 9.06. The van der Waals surface area contributed by atoms with E-state index in [0.717, 1.165) is 12.1 Å². The third-order valence-electron chi connectivity index (χ3n) is 6.60. The van der Waals surface area contributed by atoms with Gasteiger partial charge in [-0.15, -0.1) is 0 Å². The van der Waals surface area contributed by atoms with Crippen LogP contribution in [0, 0.1) is 0 Å². The molecule has 39 heavy (non-hydrogen) atoms. The van der Waals surface area contributed by atoms with E-state index in [-0.39, 0.29) is 45.3 Å². The minimum absolute atomic E-state index is 0.0220. The third-order valence-corrected chi connectivity index (χ3v) is 6.60. The van der Waals surface area contributed by atoms with Crippen molar-refractivity contribution in [2.24, 2.45) is 0 Å². The first-order valence-electron chi connectivity index (χ1n) is 11.7. The van der Waals surface area contributed by atoms with Crippen LogP contribution in [-0.2, 0) is 0 Å². The predicted molar refractivity (Wildman–Crippen MR) is 140 cm³/mol. The first kappa shape index (κ1) is 25.2. The first-order chi connectivity index (χ1) is 18.6. The Balaban J connectivity index is 1.68. The number of rotatable bonds is 6. The summed E-state index contributed by atoms with van der Waals surface area (Å²) in [4.78, 5) is 27.4. The van der Waals surface area contributed by atoms with Crippen molar-refractivity contribution < 1.29 is 45.0 Å². The molecule has 9 nitrogen and oxygen atoms in total. The van der Waals surface area contributed by atoms with Gasteiger partial charge in [-0.05, 0) is 47.5 Å². The fourth-order valence-electron chi connectivity index (χ4n) is 4.67. The van der Waals surface area contributed by atoms with Crippen LogP contribution in [-0.4, -0.2) is 42.2 Å². The van der Waals surface area contributed by atoms with Gasteiger partial charge in [0.25, 0.3) is 0 Å². The van der Waals surface area contributed by atoms with Gasteiger partial charge in [-0.3, -0.25) is 9.59 Å². The predicted octanol–water partition coefficient (Wildman–Crippen LogP) is 4.92. The second-order valence-corrected chi connectivity index (χ2v) is 9.06. The maximum atomic E-state index is 13.8. The van der Waals surface area contributed by atoms with Gasteiger partial charge >= 0.3 is 0 Å². The monoisotopic (exact) mass is 526 g/mol. The second kappa shape index (κ2) is 9.46. The molecule has 4 aromatic rings. The highest BCUT2D eigenvalue weighted by Crippen LogP contribution is 2.55. The van der Waals surface area contributed by atoms with Gasteiger partial charge < -0.3 is 35.4 Å². The van der Waals surface area contributed by atoms with Gasteiger partial charge in [-0.25, -0.2) is 0 Å².